The van der Waals surface area contributed by atoms with E-state index in [1.54, 1.807) is 6.92 Å². The van der Waals surface area contributed by atoms with Crippen LogP contribution in [0.4, 0.5) is 0 Å². The Bertz CT molecular complexity index is 589. The van der Waals surface area contributed by atoms with Gasteiger partial charge in [0.05, 0.1) is 22.9 Å². The van der Waals surface area contributed by atoms with E-state index < -0.39 is 22.0 Å². The molecule has 96 valence electrons. The molecule has 1 aromatic rings. The first-order valence-electron chi connectivity index (χ1n) is 5.09. The summed E-state index contributed by atoms with van der Waals surface area (Å²) in [5, 5.41) is 17.2. The van der Waals surface area contributed by atoms with Gasteiger partial charge in [-0.3, -0.25) is 0 Å². The molecule has 0 radical (unpaired) electrons. The summed E-state index contributed by atoms with van der Waals surface area (Å²) in [4.78, 5) is 10.6. The number of nitrogens with zero attached hydrogens (tertiary/aromatic N) is 1. The SMILES string of the molecule is CC(CC#N)NS(=O)(=O)c1cccc(C(=O)O)c1. The van der Waals surface area contributed by atoms with Crippen LogP contribution in [0.1, 0.15) is 23.7 Å². The molecule has 0 saturated heterocycles. The summed E-state index contributed by atoms with van der Waals surface area (Å²) < 4.78 is 26.1. The Morgan fingerprint density at radius 1 is 1.56 bits per heavy atom. The minimum atomic E-state index is -3.80. The van der Waals surface area contributed by atoms with Crippen molar-refractivity contribution < 1.29 is 18.3 Å². The second-order valence-corrected chi connectivity index (χ2v) is 5.43. The summed E-state index contributed by atoms with van der Waals surface area (Å²) in [6.07, 6.45) is 0.0395. The number of carboxylic acids is 1. The van der Waals surface area contributed by atoms with E-state index >= 15 is 0 Å². The van der Waals surface area contributed by atoms with Crippen molar-refractivity contribution in [2.45, 2.75) is 24.3 Å². The summed E-state index contributed by atoms with van der Waals surface area (Å²) in [5.74, 6) is -1.20. The van der Waals surface area contributed by atoms with Crippen LogP contribution >= 0.6 is 0 Å². The Morgan fingerprint density at radius 3 is 2.78 bits per heavy atom. The van der Waals surface area contributed by atoms with E-state index in [4.69, 9.17) is 10.4 Å². The van der Waals surface area contributed by atoms with Gasteiger partial charge in [-0.05, 0) is 25.1 Å². The molecule has 1 aromatic carbocycles. The molecule has 0 spiro atoms. The van der Waals surface area contributed by atoms with E-state index in [1.807, 2.05) is 6.07 Å². The van der Waals surface area contributed by atoms with Crippen molar-refractivity contribution in [3.63, 3.8) is 0 Å². The molecule has 0 saturated carbocycles. The van der Waals surface area contributed by atoms with E-state index in [1.165, 1.54) is 18.2 Å². The average molecular weight is 268 g/mol. The number of nitriles is 1. The number of nitrogens with one attached hydrogen (secondary N) is 1. The van der Waals surface area contributed by atoms with Crippen molar-refractivity contribution in [3.8, 4) is 6.07 Å². The second kappa shape index (κ2) is 5.62. The Hall–Kier alpha value is -1.91. The zero-order valence-corrected chi connectivity index (χ0v) is 10.4. The highest BCUT2D eigenvalue weighted by molar-refractivity contribution is 7.89. The third-order valence-electron chi connectivity index (χ3n) is 2.15. The molecule has 0 heterocycles. The molecule has 0 aliphatic carbocycles. The molecule has 18 heavy (non-hydrogen) atoms. The van der Waals surface area contributed by atoms with Crippen LogP contribution in [0.5, 0.6) is 0 Å². The molecular weight excluding hydrogens is 256 g/mol. The fraction of sp³-hybridized carbons (Fsp3) is 0.273. The third kappa shape index (κ3) is 3.55. The van der Waals surface area contributed by atoms with Gasteiger partial charge in [0, 0.05) is 6.04 Å². The number of aromatic carboxylic acids is 1. The van der Waals surface area contributed by atoms with Gasteiger partial charge in [-0.25, -0.2) is 17.9 Å². The smallest absolute Gasteiger partial charge is 0.335 e. The lowest BCUT2D eigenvalue weighted by atomic mass is 10.2. The predicted molar refractivity (Wildman–Crippen MR) is 63.4 cm³/mol. The predicted octanol–water partition coefficient (Wildman–Crippen LogP) is 0.965. The zero-order valence-electron chi connectivity index (χ0n) is 9.62. The van der Waals surface area contributed by atoms with Crippen LogP contribution < -0.4 is 4.72 Å². The Labute approximate surface area is 105 Å². The van der Waals surface area contributed by atoms with Crippen LogP contribution in [0, 0.1) is 11.3 Å². The van der Waals surface area contributed by atoms with Crippen molar-refractivity contribution in [2.75, 3.05) is 0 Å². The lowest BCUT2D eigenvalue weighted by Crippen LogP contribution is -2.32. The number of hydrogen-bond donors (Lipinski definition) is 2. The van der Waals surface area contributed by atoms with Crippen molar-refractivity contribution in [3.05, 3.63) is 29.8 Å². The van der Waals surface area contributed by atoms with Crippen LogP contribution in [0.25, 0.3) is 0 Å². The zero-order chi connectivity index (χ0) is 13.8. The van der Waals surface area contributed by atoms with Gasteiger partial charge in [-0.2, -0.15) is 5.26 Å². The molecule has 6 nitrogen and oxygen atoms in total. The highest BCUT2D eigenvalue weighted by Gasteiger charge is 2.18. The van der Waals surface area contributed by atoms with E-state index in [0.717, 1.165) is 6.07 Å². The molecule has 0 aliphatic rings. The number of rotatable bonds is 5. The van der Waals surface area contributed by atoms with Gasteiger partial charge in [-0.15, -0.1) is 0 Å². The minimum absolute atomic E-state index is 0.0395. The van der Waals surface area contributed by atoms with E-state index in [9.17, 15) is 13.2 Å². The lowest BCUT2D eigenvalue weighted by molar-refractivity contribution is 0.0696. The average Bonchev–Trinajstić information content (AvgIpc) is 2.28. The lowest BCUT2D eigenvalue weighted by Gasteiger charge is -2.11. The van der Waals surface area contributed by atoms with Gasteiger partial charge in [0.15, 0.2) is 0 Å². The molecule has 0 bridgehead atoms. The third-order valence-corrected chi connectivity index (χ3v) is 3.73. The standard InChI is InChI=1S/C11H12N2O4S/c1-8(5-6-12)13-18(16,17)10-4-2-3-9(7-10)11(14)15/h2-4,7-8,13H,5H2,1H3,(H,14,15). The van der Waals surface area contributed by atoms with Gasteiger partial charge in [0.25, 0.3) is 0 Å². The quantitative estimate of drug-likeness (QED) is 0.827. The van der Waals surface area contributed by atoms with E-state index in [2.05, 4.69) is 4.72 Å². The fourth-order valence-corrected chi connectivity index (χ4v) is 2.60. The molecule has 0 fully saturated rings. The molecule has 0 aliphatic heterocycles. The topological polar surface area (TPSA) is 107 Å². The van der Waals surface area contributed by atoms with Crippen LogP contribution in [0.3, 0.4) is 0 Å². The monoisotopic (exact) mass is 268 g/mol. The van der Waals surface area contributed by atoms with E-state index in [-0.39, 0.29) is 16.9 Å². The summed E-state index contributed by atoms with van der Waals surface area (Å²) in [6.45, 7) is 1.56. The molecule has 1 unspecified atom stereocenters. The van der Waals surface area contributed by atoms with Crippen LogP contribution in [0.2, 0.25) is 0 Å². The second-order valence-electron chi connectivity index (χ2n) is 3.72. The highest BCUT2D eigenvalue weighted by atomic mass is 32.2. The number of carbonyl (C=O) groups is 1. The number of sulfonamides is 1. The Morgan fingerprint density at radius 2 is 2.22 bits per heavy atom. The van der Waals surface area contributed by atoms with Gasteiger partial charge < -0.3 is 5.11 Å². The molecule has 2 N–H and O–H groups in total. The first-order chi connectivity index (χ1) is 8.36. The number of carboxylic acid groups (broad SMARTS) is 1. The largest absolute Gasteiger partial charge is 0.478 e. The summed E-state index contributed by atoms with van der Waals surface area (Å²) in [6, 6.07) is 6.35. The molecule has 0 amide bonds. The minimum Gasteiger partial charge on any atom is -0.478 e. The molecule has 7 heteroatoms. The Balaban J connectivity index is 3.02. The van der Waals surface area contributed by atoms with Crippen LogP contribution in [-0.4, -0.2) is 25.5 Å². The fourth-order valence-electron chi connectivity index (χ4n) is 1.31. The van der Waals surface area contributed by atoms with Crippen molar-refractivity contribution >= 4 is 16.0 Å². The summed E-state index contributed by atoms with van der Waals surface area (Å²) in [5.41, 5.74) is -0.106. The maximum atomic E-state index is 11.9. The van der Waals surface area contributed by atoms with E-state index in [0.29, 0.717) is 0 Å². The van der Waals surface area contributed by atoms with Gasteiger partial charge >= 0.3 is 5.97 Å². The molecular formula is C11H12N2O4S. The van der Waals surface area contributed by atoms with Crippen LogP contribution in [0.15, 0.2) is 29.2 Å². The normalized spacial score (nSPS) is 12.7. The maximum absolute atomic E-state index is 11.9. The molecule has 1 atom stereocenters. The summed E-state index contributed by atoms with van der Waals surface area (Å²) >= 11 is 0. The number of benzene rings is 1. The van der Waals surface area contributed by atoms with Crippen molar-refractivity contribution in [1.29, 1.82) is 5.26 Å². The Kier molecular flexibility index (Phi) is 4.42. The van der Waals surface area contributed by atoms with Crippen molar-refractivity contribution in [2.24, 2.45) is 0 Å². The molecule has 1 rings (SSSR count). The number of hydrogen-bond acceptors (Lipinski definition) is 4. The first kappa shape index (κ1) is 14.2. The van der Waals surface area contributed by atoms with Gasteiger partial charge in [0.1, 0.15) is 0 Å². The highest BCUT2D eigenvalue weighted by Crippen LogP contribution is 2.12. The van der Waals surface area contributed by atoms with Gasteiger partial charge in [0.2, 0.25) is 10.0 Å². The molecule has 0 aromatic heterocycles. The maximum Gasteiger partial charge on any atom is 0.335 e. The summed E-state index contributed by atoms with van der Waals surface area (Å²) in [7, 11) is -3.80. The van der Waals surface area contributed by atoms with Crippen molar-refractivity contribution in [1.82, 2.24) is 4.72 Å². The first-order valence-corrected chi connectivity index (χ1v) is 6.58. The van der Waals surface area contributed by atoms with Crippen LogP contribution in [-0.2, 0) is 10.0 Å². The van der Waals surface area contributed by atoms with Gasteiger partial charge in [-0.1, -0.05) is 6.07 Å².